The average Bonchev–Trinajstić information content (AvgIpc) is 2.40. The fourth-order valence-electron chi connectivity index (χ4n) is 2.19. The average molecular weight is 268 g/mol. The van der Waals surface area contributed by atoms with Gasteiger partial charge in [-0.05, 0) is 44.0 Å². The van der Waals surface area contributed by atoms with Crippen LogP contribution in [-0.4, -0.2) is 12.3 Å². The van der Waals surface area contributed by atoms with Crippen molar-refractivity contribution >= 4 is 17.2 Å². The number of rotatable bonds is 5. The van der Waals surface area contributed by atoms with Gasteiger partial charge in [-0.1, -0.05) is 29.8 Å². The Morgan fingerprint density at radius 1 is 1.20 bits per heavy atom. The first kappa shape index (κ1) is 14.1. The highest BCUT2D eigenvalue weighted by molar-refractivity contribution is 6.00. The number of hydrogen-bond donors (Lipinski definition) is 2. The molecule has 0 radical (unpaired) electrons. The Kier molecular flexibility index (Phi) is 4.41. The molecule has 2 aromatic carbocycles. The van der Waals surface area contributed by atoms with Gasteiger partial charge in [0, 0.05) is 23.5 Å². The van der Waals surface area contributed by atoms with Crippen molar-refractivity contribution in [2.24, 2.45) is 0 Å². The molecule has 0 amide bonds. The molecule has 3 nitrogen and oxygen atoms in total. The molecule has 0 heterocycles. The van der Waals surface area contributed by atoms with Crippen LogP contribution in [-0.2, 0) is 6.42 Å². The Hall–Kier alpha value is -2.29. The van der Waals surface area contributed by atoms with E-state index in [0.717, 1.165) is 18.7 Å². The molecular formula is C17H20N2O. The monoisotopic (exact) mass is 268 g/mol. The molecule has 0 unspecified atom stereocenters. The number of nitrogens with two attached hydrogens (primary N) is 1. The maximum Gasteiger partial charge on any atom is 0.161 e. The second-order valence-electron chi connectivity index (χ2n) is 5.02. The van der Waals surface area contributed by atoms with Crippen LogP contribution in [0.3, 0.4) is 0 Å². The van der Waals surface area contributed by atoms with Gasteiger partial charge in [0.25, 0.3) is 0 Å². The molecule has 104 valence electrons. The van der Waals surface area contributed by atoms with Crippen LogP contribution < -0.4 is 11.1 Å². The van der Waals surface area contributed by atoms with E-state index in [4.69, 9.17) is 5.73 Å². The van der Waals surface area contributed by atoms with E-state index in [1.165, 1.54) is 18.1 Å². The van der Waals surface area contributed by atoms with Gasteiger partial charge in [-0.2, -0.15) is 0 Å². The molecule has 0 saturated carbocycles. The molecule has 0 bridgehead atoms. The molecule has 0 atom stereocenters. The summed E-state index contributed by atoms with van der Waals surface area (Å²) in [5.74, 6) is -0.00941. The van der Waals surface area contributed by atoms with Gasteiger partial charge >= 0.3 is 0 Å². The minimum Gasteiger partial charge on any atom is -0.398 e. The van der Waals surface area contributed by atoms with E-state index in [2.05, 4.69) is 36.5 Å². The third-order valence-corrected chi connectivity index (χ3v) is 3.26. The number of nitrogens with one attached hydrogen (secondary N) is 1. The second kappa shape index (κ2) is 6.24. The van der Waals surface area contributed by atoms with Crippen molar-refractivity contribution in [3.05, 3.63) is 59.2 Å². The molecular weight excluding hydrogens is 248 g/mol. The van der Waals surface area contributed by atoms with E-state index in [9.17, 15) is 4.79 Å². The van der Waals surface area contributed by atoms with Crippen LogP contribution in [0.5, 0.6) is 0 Å². The SMILES string of the molecule is CC(=O)c1cc(NCCc2cccc(C)c2)ccc1N. The summed E-state index contributed by atoms with van der Waals surface area (Å²) in [6, 6.07) is 14.0. The topological polar surface area (TPSA) is 55.1 Å². The van der Waals surface area contributed by atoms with Gasteiger partial charge in [0.15, 0.2) is 5.78 Å². The third-order valence-electron chi connectivity index (χ3n) is 3.26. The Balaban J connectivity index is 1.97. The first-order chi connectivity index (χ1) is 9.56. The van der Waals surface area contributed by atoms with Crippen molar-refractivity contribution < 1.29 is 4.79 Å². The first-order valence-corrected chi connectivity index (χ1v) is 6.76. The molecule has 3 heteroatoms. The van der Waals surface area contributed by atoms with Crippen LogP contribution in [0, 0.1) is 6.92 Å². The molecule has 0 spiro atoms. The highest BCUT2D eigenvalue weighted by Crippen LogP contribution is 2.18. The predicted octanol–water partition coefficient (Wildman–Crippen LogP) is 3.43. The lowest BCUT2D eigenvalue weighted by Gasteiger charge is -2.09. The number of anilines is 2. The van der Waals surface area contributed by atoms with E-state index in [1.54, 1.807) is 6.07 Å². The van der Waals surface area contributed by atoms with Gasteiger partial charge in [0.05, 0.1) is 0 Å². The zero-order chi connectivity index (χ0) is 14.5. The van der Waals surface area contributed by atoms with Gasteiger partial charge in [0.2, 0.25) is 0 Å². The standard InChI is InChI=1S/C17H20N2O/c1-12-4-3-5-14(10-12)8-9-19-15-6-7-17(18)16(11-15)13(2)20/h3-7,10-11,19H,8-9,18H2,1-2H3. The van der Waals surface area contributed by atoms with E-state index in [-0.39, 0.29) is 5.78 Å². The van der Waals surface area contributed by atoms with Crippen LogP contribution in [0.2, 0.25) is 0 Å². The molecule has 2 rings (SSSR count). The summed E-state index contributed by atoms with van der Waals surface area (Å²) in [5.41, 5.74) is 10.4. The first-order valence-electron chi connectivity index (χ1n) is 6.76. The summed E-state index contributed by atoms with van der Waals surface area (Å²) in [6.07, 6.45) is 0.946. The van der Waals surface area contributed by atoms with E-state index >= 15 is 0 Å². The summed E-state index contributed by atoms with van der Waals surface area (Å²) in [4.78, 5) is 11.4. The molecule has 20 heavy (non-hydrogen) atoms. The highest BCUT2D eigenvalue weighted by Gasteiger charge is 2.05. The van der Waals surface area contributed by atoms with Crippen molar-refractivity contribution in [2.75, 3.05) is 17.6 Å². The lowest BCUT2D eigenvalue weighted by Crippen LogP contribution is -2.07. The Morgan fingerprint density at radius 2 is 2.00 bits per heavy atom. The number of nitrogen functional groups attached to an aromatic ring is 1. The minimum atomic E-state index is -0.00941. The number of carbonyl (C=O) groups excluding carboxylic acids is 1. The lowest BCUT2D eigenvalue weighted by molar-refractivity contribution is 0.101. The number of hydrogen-bond acceptors (Lipinski definition) is 3. The summed E-state index contributed by atoms with van der Waals surface area (Å²) >= 11 is 0. The molecule has 0 aromatic heterocycles. The molecule has 2 aromatic rings. The minimum absolute atomic E-state index is 0.00941. The number of Topliss-reactive ketones (excluding diaryl/α,β-unsaturated/α-hetero) is 1. The summed E-state index contributed by atoms with van der Waals surface area (Å²) in [7, 11) is 0. The second-order valence-corrected chi connectivity index (χ2v) is 5.02. The molecule has 0 aliphatic rings. The quantitative estimate of drug-likeness (QED) is 0.645. The maximum atomic E-state index is 11.4. The van der Waals surface area contributed by atoms with Crippen molar-refractivity contribution in [1.82, 2.24) is 0 Å². The predicted molar refractivity (Wildman–Crippen MR) is 84.2 cm³/mol. The maximum absolute atomic E-state index is 11.4. The van der Waals surface area contributed by atoms with Crippen LogP contribution in [0.1, 0.15) is 28.4 Å². The largest absolute Gasteiger partial charge is 0.398 e. The van der Waals surface area contributed by atoms with Crippen molar-refractivity contribution in [1.29, 1.82) is 0 Å². The van der Waals surface area contributed by atoms with Crippen molar-refractivity contribution in [3.8, 4) is 0 Å². The zero-order valence-corrected chi connectivity index (χ0v) is 11.9. The third kappa shape index (κ3) is 3.60. The molecule has 0 aliphatic heterocycles. The van der Waals surface area contributed by atoms with Crippen LogP contribution >= 0.6 is 0 Å². The molecule has 0 fully saturated rings. The van der Waals surface area contributed by atoms with E-state index in [0.29, 0.717) is 11.3 Å². The summed E-state index contributed by atoms with van der Waals surface area (Å²) in [6.45, 7) is 4.45. The van der Waals surface area contributed by atoms with Crippen molar-refractivity contribution in [2.45, 2.75) is 20.3 Å². The summed E-state index contributed by atoms with van der Waals surface area (Å²) < 4.78 is 0. The number of ketones is 1. The summed E-state index contributed by atoms with van der Waals surface area (Å²) in [5, 5.41) is 3.33. The molecule has 3 N–H and O–H groups in total. The van der Waals surface area contributed by atoms with Crippen LogP contribution in [0.25, 0.3) is 0 Å². The number of carbonyl (C=O) groups is 1. The Labute approximate surface area is 119 Å². The normalized spacial score (nSPS) is 10.3. The van der Waals surface area contributed by atoms with E-state index < -0.39 is 0 Å². The van der Waals surface area contributed by atoms with E-state index in [1.807, 2.05) is 12.1 Å². The lowest BCUT2D eigenvalue weighted by atomic mass is 10.1. The van der Waals surface area contributed by atoms with Crippen molar-refractivity contribution in [3.63, 3.8) is 0 Å². The molecule has 0 aliphatic carbocycles. The number of benzene rings is 2. The molecule has 0 saturated heterocycles. The smallest absolute Gasteiger partial charge is 0.161 e. The number of aryl methyl sites for hydroxylation is 1. The fourth-order valence-corrected chi connectivity index (χ4v) is 2.19. The van der Waals surface area contributed by atoms with Gasteiger partial charge in [-0.25, -0.2) is 0 Å². The van der Waals surface area contributed by atoms with Gasteiger partial charge < -0.3 is 11.1 Å². The van der Waals surface area contributed by atoms with Gasteiger partial charge in [-0.3, -0.25) is 4.79 Å². The Bertz CT molecular complexity index is 620. The highest BCUT2D eigenvalue weighted by atomic mass is 16.1. The van der Waals surface area contributed by atoms with Crippen LogP contribution in [0.15, 0.2) is 42.5 Å². The Morgan fingerprint density at radius 3 is 2.70 bits per heavy atom. The van der Waals surface area contributed by atoms with Crippen LogP contribution in [0.4, 0.5) is 11.4 Å². The van der Waals surface area contributed by atoms with Gasteiger partial charge in [-0.15, -0.1) is 0 Å². The van der Waals surface area contributed by atoms with Gasteiger partial charge in [0.1, 0.15) is 0 Å². The zero-order valence-electron chi connectivity index (χ0n) is 11.9. The fraction of sp³-hybridized carbons (Fsp3) is 0.235.